The van der Waals surface area contributed by atoms with E-state index in [4.69, 9.17) is 4.74 Å². The van der Waals surface area contributed by atoms with E-state index < -0.39 is 0 Å². The van der Waals surface area contributed by atoms with E-state index in [-0.39, 0.29) is 46.6 Å². The van der Waals surface area contributed by atoms with Crippen LogP contribution in [0.4, 0.5) is 0 Å². The van der Waals surface area contributed by atoms with Gasteiger partial charge in [-0.25, -0.2) is 0 Å². The summed E-state index contributed by atoms with van der Waals surface area (Å²) >= 11 is 0. The van der Waals surface area contributed by atoms with E-state index in [2.05, 4.69) is 0 Å². The average molecular weight is 158 g/mol. The van der Waals surface area contributed by atoms with Gasteiger partial charge in [-0.2, -0.15) is 0 Å². The van der Waals surface area contributed by atoms with Crippen molar-refractivity contribution in [1.82, 2.24) is 0 Å². The molecule has 0 aliphatic rings. The first-order valence-corrected chi connectivity index (χ1v) is 2.96. The quantitative estimate of drug-likeness (QED) is 0.455. The Bertz CT molecular complexity index is 81.0. The van der Waals surface area contributed by atoms with Gasteiger partial charge in [0, 0.05) is 6.42 Å². The fraction of sp³-hybridized carbons (Fsp3) is 0.833. The van der Waals surface area contributed by atoms with E-state index in [1.165, 1.54) is 0 Å². The maximum Gasteiger partial charge on any atom is 2.00 e. The normalized spacial score (nSPS) is 7.78. The molecule has 9 heavy (non-hydrogen) atoms. The first kappa shape index (κ1) is 12.4. The molecule has 0 fully saturated rings. The van der Waals surface area contributed by atoms with E-state index in [0.717, 1.165) is 6.42 Å². The summed E-state index contributed by atoms with van der Waals surface area (Å²) in [4.78, 5) is 10.3. The molecular weight excluding hydrogens is 144 g/mol. The molecule has 0 N–H and O–H groups in total. The van der Waals surface area contributed by atoms with Crippen LogP contribution in [-0.4, -0.2) is 50.3 Å². The van der Waals surface area contributed by atoms with Gasteiger partial charge in [0.1, 0.15) is 0 Å². The molecule has 0 saturated carbocycles. The number of carbonyl (C=O) groups is 1. The van der Waals surface area contributed by atoms with Crippen LogP contribution in [0.1, 0.15) is 29.5 Å². The standard InChI is InChI=1S/C6H12O2.Ca.2H/c1-3-5-8-6(7)4-2;;;/h3-5H2,1-2H3;;;/q;+2;2*-1. The van der Waals surface area contributed by atoms with E-state index >= 15 is 0 Å². The molecule has 52 valence electrons. The molecule has 0 heterocycles. The molecule has 0 atom stereocenters. The summed E-state index contributed by atoms with van der Waals surface area (Å²) in [6.07, 6.45) is 1.39. The van der Waals surface area contributed by atoms with Crippen molar-refractivity contribution < 1.29 is 12.4 Å². The summed E-state index contributed by atoms with van der Waals surface area (Å²) < 4.78 is 4.70. The summed E-state index contributed by atoms with van der Waals surface area (Å²) in [6, 6.07) is 0. The van der Waals surface area contributed by atoms with Crippen LogP contribution in [0.15, 0.2) is 0 Å². The Kier molecular flexibility index (Phi) is 12.0. The number of esters is 1. The van der Waals surface area contributed by atoms with Gasteiger partial charge in [0.05, 0.1) is 6.61 Å². The Hall–Kier alpha value is 0.730. The van der Waals surface area contributed by atoms with Crippen molar-refractivity contribution in [2.24, 2.45) is 0 Å². The van der Waals surface area contributed by atoms with Gasteiger partial charge in [0.25, 0.3) is 0 Å². The van der Waals surface area contributed by atoms with E-state index in [9.17, 15) is 4.79 Å². The van der Waals surface area contributed by atoms with Gasteiger partial charge in [0.15, 0.2) is 0 Å². The van der Waals surface area contributed by atoms with E-state index in [1.54, 1.807) is 6.92 Å². The Morgan fingerprint density at radius 2 is 2.11 bits per heavy atom. The van der Waals surface area contributed by atoms with Crippen LogP contribution in [0.3, 0.4) is 0 Å². The molecule has 2 nitrogen and oxygen atoms in total. The minimum absolute atomic E-state index is 0. The minimum Gasteiger partial charge on any atom is -1.00 e. The monoisotopic (exact) mass is 158 g/mol. The summed E-state index contributed by atoms with van der Waals surface area (Å²) in [6.45, 7) is 4.33. The summed E-state index contributed by atoms with van der Waals surface area (Å²) in [5.74, 6) is -0.105. The second kappa shape index (κ2) is 8.73. The zero-order chi connectivity index (χ0) is 6.41. The van der Waals surface area contributed by atoms with Crippen molar-refractivity contribution in [3.05, 3.63) is 0 Å². The third-order valence-electron chi connectivity index (χ3n) is 0.756. The van der Waals surface area contributed by atoms with Gasteiger partial charge in [-0.15, -0.1) is 0 Å². The van der Waals surface area contributed by atoms with Crippen molar-refractivity contribution >= 4 is 43.7 Å². The zero-order valence-electron chi connectivity index (χ0n) is 8.14. The van der Waals surface area contributed by atoms with Crippen LogP contribution >= 0.6 is 0 Å². The minimum atomic E-state index is -0.105. The molecule has 0 radical (unpaired) electrons. The predicted molar refractivity (Wildman–Crippen MR) is 39.5 cm³/mol. The smallest absolute Gasteiger partial charge is 1.00 e. The van der Waals surface area contributed by atoms with E-state index in [1.807, 2.05) is 6.92 Å². The Morgan fingerprint density at radius 1 is 1.56 bits per heavy atom. The third kappa shape index (κ3) is 8.73. The molecule has 3 heteroatoms. The topological polar surface area (TPSA) is 26.3 Å². The van der Waals surface area contributed by atoms with Crippen molar-refractivity contribution in [2.45, 2.75) is 26.7 Å². The molecule has 0 aliphatic carbocycles. The van der Waals surface area contributed by atoms with Crippen molar-refractivity contribution in [1.29, 1.82) is 0 Å². The number of hydrogen-bond acceptors (Lipinski definition) is 2. The van der Waals surface area contributed by atoms with Crippen molar-refractivity contribution in [2.75, 3.05) is 6.61 Å². The molecule has 0 rings (SSSR count). The molecule has 0 aliphatic heterocycles. The zero-order valence-corrected chi connectivity index (χ0v) is 8.35. The van der Waals surface area contributed by atoms with Crippen LogP contribution < -0.4 is 0 Å². The molecular formula is C6H14CaO2. The fourth-order valence-electron chi connectivity index (χ4n) is 0.318. The maximum atomic E-state index is 10.3. The van der Waals surface area contributed by atoms with Crippen LogP contribution in [-0.2, 0) is 9.53 Å². The maximum absolute atomic E-state index is 10.3. The number of ether oxygens (including phenoxy) is 1. The third-order valence-corrected chi connectivity index (χ3v) is 0.756. The molecule has 0 saturated heterocycles. The summed E-state index contributed by atoms with van der Waals surface area (Å²) in [5.41, 5.74) is 0. The number of carbonyl (C=O) groups excluding carboxylic acids is 1. The van der Waals surface area contributed by atoms with E-state index in [0.29, 0.717) is 13.0 Å². The van der Waals surface area contributed by atoms with Gasteiger partial charge < -0.3 is 7.59 Å². The Labute approximate surface area is 88.9 Å². The molecule has 0 aromatic heterocycles. The second-order valence-corrected chi connectivity index (χ2v) is 1.57. The molecule has 0 unspecified atom stereocenters. The SMILES string of the molecule is CCCOC(=O)CC.[Ca+2].[H-].[H-]. The van der Waals surface area contributed by atoms with Crippen LogP contribution in [0.25, 0.3) is 0 Å². The predicted octanol–water partition coefficient (Wildman–Crippen LogP) is 1.19. The summed E-state index contributed by atoms with van der Waals surface area (Å²) in [7, 11) is 0. The molecule has 0 spiro atoms. The molecule has 0 aromatic rings. The van der Waals surface area contributed by atoms with Gasteiger partial charge in [-0.05, 0) is 6.42 Å². The number of rotatable bonds is 3. The molecule has 0 bridgehead atoms. The largest absolute Gasteiger partial charge is 2.00 e. The molecule has 0 amide bonds. The number of hydrogen-bond donors (Lipinski definition) is 0. The van der Waals surface area contributed by atoms with Gasteiger partial charge in [-0.1, -0.05) is 13.8 Å². The first-order chi connectivity index (χ1) is 3.81. The van der Waals surface area contributed by atoms with Gasteiger partial charge in [0.2, 0.25) is 0 Å². The Balaban J connectivity index is -0.0000000817. The second-order valence-electron chi connectivity index (χ2n) is 1.57. The Morgan fingerprint density at radius 3 is 2.44 bits per heavy atom. The van der Waals surface area contributed by atoms with Crippen molar-refractivity contribution in [3.63, 3.8) is 0 Å². The van der Waals surface area contributed by atoms with Crippen LogP contribution in [0, 0.1) is 0 Å². The van der Waals surface area contributed by atoms with Gasteiger partial charge in [-0.3, -0.25) is 4.79 Å². The van der Waals surface area contributed by atoms with Crippen LogP contribution in [0.2, 0.25) is 0 Å². The average Bonchev–Trinajstić information content (AvgIpc) is 1.83. The van der Waals surface area contributed by atoms with Crippen LogP contribution in [0.5, 0.6) is 0 Å². The summed E-state index contributed by atoms with van der Waals surface area (Å²) in [5, 5.41) is 0. The molecule has 0 aromatic carbocycles. The fourth-order valence-corrected chi connectivity index (χ4v) is 0.318. The van der Waals surface area contributed by atoms with Gasteiger partial charge >= 0.3 is 43.7 Å². The van der Waals surface area contributed by atoms with Crippen molar-refractivity contribution in [3.8, 4) is 0 Å². The first-order valence-electron chi connectivity index (χ1n) is 2.96.